The third-order valence-electron chi connectivity index (χ3n) is 23.7. The van der Waals surface area contributed by atoms with Crippen LogP contribution in [0.4, 0.5) is 0 Å². The molecule has 0 unspecified atom stereocenters. The molecule has 0 saturated carbocycles. The van der Waals surface area contributed by atoms with Gasteiger partial charge in [0.25, 0.3) is 0 Å². The monoisotopic (exact) mass is 1890 g/mol. The highest BCUT2D eigenvalue weighted by Gasteiger charge is 2.44. The first-order chi connectivity index (χ1) is 64.3. The number of H-pyrrole nitrogens is 3. The average molecular weight is 1890 g/mol. The van der Waals surface area contributed by atoms with Crippen molar-refractivity contribution < 1.29 is 91.4 Å². The number of primary amides is 3. The molecule has 732 valence electrons. The Labute approximate surface area is 785 Å². The smallest absolute Gasteiger partial charge is 0.246 e. The van der Waals surface area contributed by atoms with Crippen molar-refractivity contribution in [3.05, 3.63) is 126 Å². The van der Waals surface area contributed by atoms with Gasteiger partial charge in [-0.25, -0.2) is 4.98 Å². The van der Waals surface area contributed by atoms with E-state index in [1.54, 1.807) is 105 Å². The van der Waals surface area contributed by atoms with Crippen LogP contribution in [0.25, 0.3) is 21.8 Å². The SMILES string of the molecule is CCCC[C@H]1C(=O)N(C)[C@@H](CCCC)C(=O)N[C@@H](CCCNC(=N)N)C(=O)N[C@H](C(=O)NCC(N)=O)CSCC(=O)N[C@@H](Cc2ccccc2)C(=O)N(C)[C@@H](C)C(=O)N[C@@H](CC(N)=O)C(=O)N2CCC[C@H]2C(=O)N[C@@H](Cc2cnc[nH]2)C(=O)N[C@@H](CC(C)C)C(=O)N[C@@H](CC(N)=O)C(=O)C[C@@H](Cc2c[nH]c3ccccc23)C(=O)N[C@@H](CO)C(=O)N[C@@H](Cc2c[nH]c3ccccc23)C(=O)N1C. The quantitative estimate of drug-likeness (QED) is 0.0141. The average Bonchev–Trinajstić information content (AvgIpc) is 1.80. The number of carbonyl (C=O) groups excluding carboxylic acids is 18. The van der Waals surface area contributed by atoms with Gasteiger partial charge in [0.1, 0.15) is 72.5 Å². The molecule has 5 heterocycles. The molecule has 2 fully saturated rings. The number of hydrogen-bond acceptors (Lipinski definition) is 22. The molecule has 8 rings (SSSR count). The van der Waals surface area contributed by atoms with Crippen LogP contribution < -0.4 is 81.4 Å². The number of nitrogens with zero attached hydrogens (tertiary/aromatic N) is 5. The number of benzene rings is 3. The van der Waals surface area contributed by atoms with E-state index in [4.69, 9.17) is 28.3 Å². The third-order valence-corrected chi connectivity index (χ3v) is 24.8. The number of fused-ring (bicyclic) bond motifs is 3. The number of imidazole rings is 1. The molecule has 3 aromatic carbocycles. The number of amides is 17. The van der Waals surface area contributed by atoms with Crippen LogP contribution in [-0.4, -0.2) is 294 Å². The Morgan fingerprint density at radius 3 is 1.68 bits per heavy atom. The molecule has 0 aliphatic carbocycles. The summed E-state index contributed by atoms with van der Waals surface area (Å²) < 4.78 is 0. The molecule has 2 aliphatic heterocycles. The van der Waals surface area contributed by atoms with Gasteiger partial charge in [0.15, 0.2) is 11.7 Å². The Bertz CT molecular complexity index is 5190. The van der Waals surface area contributed by atoms with Gasteiger partial charge in [-0.15, -0.1) is 11.8 Å². The highest BCUT2D eigenvalue weighted by molar-refractivity contribution is 8.00. The summed E-state index contributed by atoms with van der Waals surface area (Å²) in [5.41, 5.74) is 25.7. The van der Waals surface area contributed by atoms with E-state index in [1.165, 1.54) is 40.6 Å². The lowest BCUT2D eigenvalue weighted by Gasteiger charge is -2.36. The molecular weight excluding hydrogens is 1770 g/mol. The molecule has 0 radical (unpaired) electrons. The highest BCUT2D eigenvalue weighted by Crippen LogP contribution is 2.28. The Hall–Kier alpha value is -13.8. The first kappa shape index (κ1) is 107. The Morgan fingerprint density at radius 1 is 0.533 bits per heavy atom. The summed E-state index contributed by atoms with van der Waals surface area (Å²) in [6.45, 7) is 6.44. The second-order valence-corrected chi connectivity index (χ2v) is 35.5. The first-order valence-electron chi connectivity index (χ1n) is 45.2. The van der Waals surface area contributed by atoms with Crippen molar-refractivity contribution in [3.8, 4) is 0 Å². The molecule has 2 saturated heterocycles. The normalized spacial score (nSPS) is 23.7. The molecule has 6 aromatic rings. The van der Waals surface area contributed by atoms with Crippen molar-refractivity contribution in [2.24, 2.45) is 34.8 Å². The van der Waals surface area contributed by atoms with Crippen molar-refractivity contribution >= 4 is 146 Å². The number of aliphatic hydroxyl groups is 1. The minimum Gasteiger partial charge on any atom is -0.394 e. The Balaban J connectivity index is 1.20. The van der Waals surface area contributed by atoms with Gasteiger partial charge in [-0.3, -0.25) is 91.7 Å². The number of unbranched alkanes of at least 4 members (excludes halogenated alkanes) is 2. The molecule has 24 N–H and O–H groups in total. The topological polar surface area (TPSA) is 661 Å². The van der Waals surface area contributed by atoms with Crippen LogP contribution in [0.15, 0.2) is 104 Å². The van der Waals surface area contributed by atoms with E-state index in [0.717, 1.165) is 31.4 Å². The number of Topliss-reactive ketones (excluding diaryl/α,β-unsaturated/α-hetero) is 1. The fraction of sp³-hybridized carbons (Fsp3) is 0.516. The minimum absolute atomic E-state index is 0.00887. The summed E-state index contributed by atoms with van der Waals surface area (Å²) in [6.07, 6.45) is 3.82. The largest absolute Gasteiger partial charge is 0.394 e. The molecule has 43 nitrogen and oxygen atoms in total. The Kier molecular flexibility index (Phi) is 41.0. The number of hydrogen-bond donors (Lipinski definition) is 20. The van der Waals surface area contributed by atoms with E-state index in [0.29, 0.717) is 69.9 Å². The number of aromatic nitrogens is 4. The fourth-order valence-electron chi connectivity index (χ4n) is 16.2. The number of rotatable bonds is 28. The number of aromatic amines is 3. The van der Waals surface area contributed by atoms with Crippen molar-refractivity contribution in [2.45, 2.75) is 229 Å². The Morgan fingerprint density at radius 2 is 1.07 bits per heavy atom. The van der Waals surface area contributed by atoms with Crippen LogP contribution in [0.2, 0.25) is 0 Å². The van der Waals surface area contributed by atoms with Crippen molar-refractivity contribution in [2.75, 3.05) is 58.9 Å². The molecule has 17 amide bonds. The van der Waals surface area contributed by atoms with Crippen molar-refractivity contribution in [1.82, 2.24) is 98.0 Å². The number of carbonyl (C=O) groups is 18. The summed E-state index contributed by atoms with van der Waals surface area (Å²) in [6, 6.07) is 1.98. The van der Waals surface area contributed by atoms with Gasteiger partial charge < -0.3 is 121 Å². The number of thioether (sulfide) groups is 1. The summed E-state index contributed by atoms with van der Waals surface area (Å²) in [4.78, 5) is 280. The molecule has 135 heavy (non-hydrogen) atoms. The van der Waals surface area contributed by atoms with Crippen LogP contribution in [-0.2, 0) is 112 Å². The summed E-state index contributed by atoms with van der Waals surface area (Å²) in [5.74, 6) is -20.4. The van der Waals surface area contributed by atoms with E-state index in [9.17, 15) is 62.6 Å². The maximum absolute atomic E-state index is 15.7. The van der Waals surface area contributed by atoms with E-state index < -0.39 is 246 Å². The number of likely N-dealkylation sites (N-methyl/N-ethyl adjacent to an activating group) is 3. The zero-order valence-corrected chi connectivity index (χ0v) is 78.0. The molecule has 2 aliphatic rings. The molecule has 44 heteroatoms. The van der Waals surface area contributed by atoms with E-state index in [-0.39, 0.29) is 83.7 Å². The second-order valence-electron chi connectivity index (χ2n) is 34.4. The molecule has 0 bridgehead atoms. The summed E-state index contributed by atoms with van der Waals surface area (Å²) in [7, 11) is 3.93. The van der Waals surface area contributed by atoms with Gasteiger partial charge >= 0.3 is 0 Å². The number of para-hydroxylation sites is 2. The lowest BCUT2D eigenvalue weighted by atomic mass is 9.90. The van der Waals surface area contributed by atoms with Gasteiger partial charge in [0.05, 0.1) is 44.1 Å². The van der Waals surface area contributed by atoms with E-state index in [2.05, 4.69) is 78.4 Å². The third kappa shape index (κ3) is 31.4. The minimum atomic E-state index is -1.90. The maximum atomic E-state index is 15.7. The van der Waals surface area contributed by atoms with Crippen LogP contribution in [0.1, 0.15) is 147 Å². The number of nitrogens with one attached hydrogen (secondary N) is 15. The van der Waals surface area contributed by atoms with Crippen LogP contribution in [0.5, 0.6) is 0 Å². The summed E-state index contributed by atoms with van der Waals surface area (Å²) >= 11 is 0.787. The van der Waals surface area contributed by atoms with Gasteiger partial charge in [0.2, 0.25) is 100 Å². The van der Waals surface area contributed by atoms with Gasteiger partial charge in [-0.1, -0.05) is 120 Å². The number of guanidine groups is 1. The highest BCUT2D eigenvalue weighted by atomic mass is 32.2. The number of nitrogens with two attached hydrogens (primary N) is 4. The summed E-state index contributed by atoms with van der Waals surface area (Å²) in [5, 5.41) is 49.2. The first-order valence-corrected chi connectivity index (χ1v) is 46.3. The lowest BCUT2D eigenvalue weighted by molar-refractivity contribution is -0.149. The second kappa shape index (κ2) is 52.0. The van der Waals surface area contributed by atoms with Gasteiger partial charge in [-0.05, 0) is 93.0 Å². The molecular formula is C91H128N24O19S. The van der Waals surface area contributed by atoms with Crippen LogP contribution in [0, 0.1) is 17.2 Å². The molecule has 0 spiro atoms. The fourth-order valence-corrected chi connectivity index (χ4v) is 17.1. The van der Waals surface area contributed by atoms with Crippen molar-refractivity contribution in [3.63, 3.8) is 0 Å². The standard InChI is InChI=1S/C91H128N24O19S/c1-9-11-29-70-85(129)104-61(28-20-32-98-91(95)96)81(125)111-69(80(124)101-45-76(94)120)47-135-48-77(121)103-65(35-52-22-14-13-15-23-52)87(131)112(6)51(5)78(122)108-67(41-75(93)119)89(133)115-33-21-31-71(115)86(130)107-64(39-56-44-97-49-102-56)83(127)106-63(34-50(3)4)82(126)105-62(40-74(92)118)73(117)38-53(36-54-42-99-59-26-18-16-24-57(54)59)79(123)110-68(46-116)84(128)109-66(37-55-43-100-60-27-19-17-25-58(55)60)88(132)114(8)72(30-12-10-2)90(134)113(70)7/h13-19,22-27,42-44,49-51,53,61-72,99-100,116H,9-12,20-21,28-41,45-48H2,1-8H3,(H2,92,118)(H2,93,119)(H2,94,120)(H,97,102)(H,101,124)(H,103,121)(H,104,129)(H,105,126)(H,106,127)(H,107,130)(H,108,122)(H,109,128)(H,110,123)(H,111,125)(H4,95,96,98)/t51-,53+,61-,62-,63-,64-,65-,66-,67-,68-,69-,70-,71-,72-/m0/s1. The van der Waals surface area contributed by atoms with E-state index >= 15 is 28.8 Å². The number of aliphatic hydroxyl groups excluding tert-OH is 1. The van der Waals surface area contributed by atoms with Crippen LogP contribution in [0.3, 0.4) is 0 Å². The number of ketones is 1. The van der Waals surface area contributed by atoms with Crippen molar-refractivity contribution in [1.29, 1.82) is 5.41 Å². The predicted octanol–water partition coefficient (Wildman–Crippen LogP) is -2.15. The maximum Gasteiger partial charge on any atom is 0.246 e. The van der Waals surface area contributed by atoms with Gasteiger partial charge in [-0.2, -0.15) is 0 Å². The van der Waals surface area contributed by atoms with Gasteiger partial charge in [0, 0.05) is 118 Å². The van der Waals surface area contributed by atoms with E-state index in [1.807, 2.05) is 13.8 Å². The zero-order chi connectivity index (χ0) is 98.9. The lowest BCUT2D eigenvalue weighted by Crippen LogP contribution is -2.61. The molecule has 14 atom stereocenters. The predicted molar refractivity (Wildman–Crippen MR) is 499 cm³/mol. The zero-order valence-electron chi connectivity index (χ0n) is 77.2. The van der Waals surface area contributed by atoms with Crippen LogP contribution >= 0.6 is 11.8 Å². The molecule has 3 aromatic heterocycles.